The molecule has 9 heteroatoms. The molecule has 2 aliphatic rings. The molecule has 3 heterocycles. The van der Waals surface area contributed by atoms with Crippen molar-refractivity contribution >= 4 is 29.5 Å². The molecule has 2 fully saturated rings. The summed E-state index contributed by atoms with van der Waals surface area (Å²) >= 11 is 0. The number of hydrogen-bond donors (Lipinski definition) is 2. The van der Waals surface area contributed by atoms with Crippen molar-refractivity contribution in [1.82, 2.24) is 20.6 Å². The van der Waals surface area contributed by atoms with E-state index in [1.54, 1.807) is 19.5 Å². The number of methoxy groups -OCH3 is 1. The lowest BCUT2D eigenvalue weighted by Gasteiger charge is -2.32. The molecule has 1 aliphatic carbocycles. The lowest BCUT2D eigenvalue weighted by Crippen LogP contribution is -2.35. The third-order valence-electron chi connectivity index (χ3n) is 7.56. The van der Waals surface area contributed by atoms with E-state index in [0.717, 1.165) is 54.3 Å². The minimum atomic E-state index is -2.02. The molecule has 0 bridgehead atoms. The summed E-state index contributed by atoms with van der Waals surface area (Å²) in [5.74, 6) is 1.17. The largest absolute Gasteiger partial charge is 0.481 e. The van der Waals surface area contributed by atoms with Crippen LogP contribution in [0.4, 0.5) is 5.69 Å². The number of amides is 1. The molecule has 196 valence electrons. The van der Waals surface area contributed by atoms with E-state index in [1.807, 2.05) is 18.8 Å². The summed E-state index contributed by atoms with van der Waals surface area (Å²) in [4.78, 5) is 24.0. The van der Waals surface area contributed by atoms with Crippen LogP contribution in [0.1, 0.15) is 40.9 Å². The normalized spacial score (nSPS) is 17.4. The number of benzene rings is 1. The van der Waals surface area contributed by atoms with Crippen molar-refractivity contribution in [3.05, 3.63) is 59.5 Å². The Kier molecular flexibility index (Phi) is 7.77. The molecule has 5 rings (SSSR count). The molecule has 37 heavy (non-hydrogen) atoms. The highest BCUT2D eigenvalue weighted by atomic mass is 31.2. The molecular weight excluding hydrogens is 485 g/mol. The lowest BCUT2D eigenvalue weighted by molar-refractivity contribution is 0.0950. The second-order valence-electron chi connectivity index (χ2n) is 10.5. The zero-order valence-corrected chi connectivity index (χ0v) is 22.6. The average molecular weight is 522 g/mol. The Morgan fingerprint density at radius 1 is 1.14 bits per heavy atom. The van der Waals surface area contributed by atoms with Gasteiger partial charge in [-0.15, -0.1) is 0 Å². The number of nitrogens with zero attached hydrogens (tertiary/aromatic N) is 3. The predicted molar refractivity (Wildman–Crippen MR) is 148 cm³/mol. The fourth-order valence-corrected chi connectivity index (χ4v) is 6.50. The topological polar surface area (TPSA) is 96.4 Å². The highest BCUT2D eigenvalue weighted by Gasteiger charge is 2.24. The van der Waals surface area contributed by atoms with Crippen LogP contribution in [0.15, 0.2) is 42.7 Å². The number of nitrogens with one attached hydrogen (secondary N) is 2. The van der Waals surface area contributed by atoms with E-state index in [2.05, 4.69) is 43.7 Å². The van der Waals surface area contributed by atoms with Gasteiger partial charge in [-0.2, -0.15) is 0 Å². The van der Waals surface area contributed by atoms with Gasteiger partial charge in [0.25, 0.3) is 5.91 Å². The second-order valence-corrected chi connectivity index (χ2v) is 13.9. The number of carbonyl (C=O) groups is 1. The monoisotopic (exact) mass is 521 g/mol. The highest BCUT2D eigenvalue weighted by molar-refractivity contribution is 7.63. The van der Waals surface area contributed by atoms with Crippen LogP contribution in [0.3, 0.4) is 0 Å². The van der Waals surface area contributed by atoms with E-state index in [0.29, 0.717) is 23.8 Å². The van der Waals surface area contributed by atoms with Crippen molar-refractivity contribution in [3.63, 3.8) is 0 Å². The van der Waals surface area contributed by atoms with Crippen LogP contribution in [0.5, 0.6) is 5.88 Å². The fraction of sp³-hybridized carbons (Fsp3) is 0.464. The Hall–Kier alpha value is -2.96. The number of hydrogen-bond acceptors (Lipinski definition) is 7. The maximum atomic E-state index is 12.9. The summed E-state index contributed by atoms with van der Waals surface area (Å²) in [5, 5.41) is 8.55. The Labute approximate surface area is 218 Å². The molecule has 0 spiro atoms. The maximum absolute atomic E-state index is 12.9. The first kappa shape index (κ1) is 25.7. The summed E-state index contributed by atoms with van der Waals surface area (Å²) < 4.78 is 17.9. The molecule has 1 saturated heterocycles. The standard InChI is InChI=1S/C28H36N5O3P/c1-36-28-26-7-6-21(16-29-15-20-4-3-5-20)12-22(26)13-24(32-28)18-31-27(34)23-14-25(19-30-17-23)33-8-10-37(2,35)11-9-33/h6-7,12-14,17,19-20,29H,3-5,8-11,15-16,18H2,1-2H3,(H,31,34). The minimum Gasteiger partial charge on any atom is -0.481 e. The number of ether oxygens (including phenoxy) is 1. The van der Waals surface area contributed by atoms with Gasteiger partial charge in [-0.1, -0.05) is 12.5 Å². The third kappa shape index (κ3) is 6.31. The van der Waals surface area contributed by atoms with Crippen LogP contribution in [0.25, 0.3) is 10.8 Å². The number of pyridine rings is 2. The Balaban J connectivity index is 1.24. The number of carbonyl (C=O) groups excluding carboxylic acids is 1. The lowest BCUT2D eigenvalue weighted by atomic mass is 9.85. The number of anilines is 1. The molecule has 1 aromatic carbocycles. The van der Waals surface area contributed by atoms with E-state index in [1.165, 1.54) is 24.8 Å². The molecular formula is C28H36N5O3P. The van der Waals surface area contributed by atoms with Crippen molar-refractivity contribution in [2.45, 2.75) is 32.4 Å². The Morgan fingerprint density at radius 3 is 2.68 bits per heavy atom. The van der Waals surface area contributed by atoms with Crippen LogP contribution >= 0.6 is 7.14 Å². The van der Waals surface area contributed by atoms with Gasteiger partial charge in [0.1, 0.15) is 0 Å². The zero-order valence-electron chi connectivity index (χ0n) is 21.7. The first-order valence-corrected chi connectivity index (χ1v) is 15.6. The van der Waals surface area contributed by atoms with Crippen molar-refractivity contribution in [2.75, 3.05) is 50.6 Å². The SMILES string of the molecule is COc1nc(CNC(=O)c2cncc(N3CCP(C)(=O)CC3)c2)cc2cc(CNCC3CCC3)ccc12. The molecule has 3 aromatic rings. The molecule has 2 aromatic heterocycles. The molecule has 0 radical (unpaired) electrons. The number of aromatic nitrogens is 2. The molecule has 8 nitrogen and oxygen atoms in total. The van der Waals surface area contributed by atoms with Gasteiger partial charge >= 0.3 is 0 Å². The fourth-order valence-electron chi connectivity index (χ4n) is 4.95. The number of rotatable bonds is 9. The number of fused-ring (bicyclic) bond motifs is 1. The summed E-state index contributed by atoms with van der Waals surface area (Å²) in [7, 11) is -0.400. The zero-order chi connectivity index (χ0) is 25.8. The first-order valence-electron chi connectivity index (χ1n) is 13.1. The minimum absolute atomic E-state index is 0.206. The predicted octanol–water partition coefficient (Wildman–Crippen LogP) is 4.27. The Morgan fingerprint density at radius 2 is 1.95 bits per heavy atom. The van der Waals surface area contributed by atoms with E-state index >= 15 is 0 Å². The second kappa shape index (κ2) is 11.2. The van der Waals surface area contributed by atoms with Gasteiger partial charge in [0.15, 0.2) is 0 Å². The van der Waals surface area contributed by atoms with Crippen molar-refractivity contribution < 1.29 is 14.1 Å². The van der Waals surface area contributed by atoms with Crippen LogP contribution < -0.4 is 20.3 Å². The van der Waals surface area contributed by atoms with Gasteiger partial charge in [0, 0.05) is 43.5 Å². The van der Waals surface area contributed by atoms with Gasteiger partial charge in [0.2, 0.25) is 5.88 Å². The molecule has 1 aliphatic heterocycles. The van der Waals surface area contributed by atoms with Gasteiger partial charge in [-0.3, -0.25) is 9.78 Å². The molecule has 0 atom stereocenters. The summed E-state index contributed by atoms with van der Waals surface area (Å²) in [6.45, 7) is 5.50. The van der Waals surface area contributed by atoms with Crippen LogP contribution in [0.2, 0.25) is 0 Å². The Bertz CT molecular complexity index is 1310. The first-order chi connectivity index (χ1) is 17.9. The van der Waals surface area contributed by atoms with E-state index < -0.39 is 7.14 Å². The van der Waals surface area contributed by atoms with Gasteiger partial charge in [-0.25, -0.2) is 4.98 Å². The van der Waals surface area contributed by atoms with E-state index in [9.17, 15) is 9.36 Å². The van der Waals surface area contributed by atoms with Crippen LogP contribution in [0, 0.1) is 5.92 Å². The van der Waals surface area contributed by atoms with Crippen molar-refractivity contribution in [3.8, 4) is 5.88 Å². The highest BCUT2D eigenvalue weighted by Crippen LogP contribution is 2.43. The van der Waals surface area contributed by atoms with Crippen molar-refractivity contribution in [2.24, 2.45) is 5.92 Å². The van der Waals surface area contributed by atoms with Gasteiger partial charge < -0.3 is 24.8 Å². The molecule has 1 amide bonds. The van der Waals surface area contributed by atoms with E-state index in [-0.39, 0.29) is 12.5 Å². The smallest absolute Gasteiger partial charge is 0.253 e. The van der Waals surface area contributed by atoms with Gasteiger partial charge in [0.05, 0.1) is 43.9 Å². The van der Waals surface area contributed by atoms with Crippen LogP contribution in [-0.4, -0.2) is 61.6 Å². The summed E-state index contributed by atoms with van der Waals surface area (Å²) in [6, 6.07) is 10.2. The quantitative estimate of drug-likeness (QED) is 0.406. The maximum Gasteiger partial charge on any atom is 0.253 e. The third-order valence-corrected chi connectivity index (χ3v) is 9.85. The van der Waals surface area contributed by atoms with E-state index in [4.69, 9.17) is 4.74 Å². The molecule has 0 unspecified atom stereocenters. The van der Waals surface area contributed by atoms with Crippen LogP contribution in [-0.2, 0) is 17.7 Å². The van der Waals surface area contributed by atoms with Gasteiger partial charge in [-0.05, 0) is 67.2 Å². The molecule has 2 N–H and O–H groups in total. The average Bonchev–Trinajstić information content (AvgIpc) is 2.88. The van der Waals surface area contributed by atoms with Crippen molar-refractivity contribution in [1.29, 1.82) is 0 Å². The molecule has 1 saturated carbocycles. The summed E-state index contributed by atoms with van der Waals surface area (Å²) in [5.41, 5.74) is 3.33. The summed E-state index contributed by atoms with van der Waals surface area (Å²) in [6.07, 6.45) is 8.75.